The normalized spacial score (nSPS) is 11.3. The van der Waals surface area contributed by atoms with Crippen LogP contribution in [-0.2, 0) is 6.18 Å². The third-order valence-corrected chi connectivity index (χ3v) is 2.18. The number of alkyl halides is 3. The van der Waals surface area contributed by atoms with E-state index >= 15 is 0 Å². The van der Waals surface area contributed by atoms with Crippen LogP contribution in [0.15, 0.2) is 36.7 Å². The number of halogens is 3. The number of ether oxygens (including phenoxy) is 1. The van der Waals surface area contributed by atoms with Crippen molar-refractivity contribution in [1.29, 1.82) is 0 Å². The van der Waals surface area contributed by atoms with Crippen molar-refractivity contribution < 1.29 is 27.8 Å². The number of carbonyl (C=O) groups is 1. The first kappa shape index (κ1) is 12.9. The molecule has 1 heterocycles. The average molecular weight is 272 g/mol. The van der Waals surface area contributed by atoms with Gasteiger partial charge in [0.15, 0.2) is 5.75 Å². The van der Waals surface area contributed by atoms with Crippen LogP contribution in [0.5, 0.6) is 11.5 Å². The van der Waals surface area contributed by atoms with Gasteiger partial charge in [-0.05, 0) is 12.1 Å². The summed E-state index contributed by atoms with van der Waals surface area (Å²) in [5.74, 6) is -0.515. The first-order valence-corrected chi connectivity index (χ1v) is 5.00. The quantitative estimate of drug-likeness (QED) is 0.911. The van der Waals surface area contributed by atoms with E-state index in [1.165, 1.54) is 12.1 Å². The summed E-state index contributed by atoms with van der Waals surface area (Å²) in [6, 6.07) is 4.63. The van der Waals surface area contributed by atoms with Crippen LogP contribution in [0.4, 0.5) is 18.0 Å². The lowest BCUT2D eigenvalue weighted by atomic mass is 10.2. The fraction of sp³-hybridized carbons (Fsp3) is 0.0909. The average Bonchev–Trinajstić information content (AvgIpc) is 2.77. The zero-order valence-corrected chi connectivity index (χ0v) is 9.26. The molecule has 0 saturated heterocycles. The molecule has 0 bridgehead atoms. The molecule has 2 rings (SSSR count). The van der Waals surface area contributed by atoms with Crippen LogP contribution in [0.3, 0.4) is 0 Å². The van der Waals surface area contributed by atoms with Crippen molar-refractivity contribution in [3.05, 3.63) is 42.2 Å². The predicted octanol–water partition coefficient (Wildman–Crippen LogP) is 3.22. The summed E-state index contributed by atoms with van der Waals surface area (Å²) in [5, 5.41) is 12.0. The highest BCUT2D eigenvalue weighted by atomic mass is 19.4. The Balaban J connectivity index is 2.30. The van der Waals surface area contributed by atoms with E-state index in [0.29, 0.717) is 4.68 Å². The molecule has 0 atom stereocenters. The van der Waals surface area contributed by atoms with Crippen molar-refractivity contribution in [2.45, 2.75) is 6.18 Å². The minimum Gasteiger partial charge on any atom is -0.463 e. The van der Waals surface area contributed by atoms with Crippen molar-refractivity contribution in [3.63, 3.8) is 0 Å². The highest BCUT2D eigenvalue weighted by molar-refractivity contribution is 5.67. The molecule has 5 nitrogen and oxygen atoms in total. The Bertz CT molecular complexity index is 607. The molecule has 0 fully saturated rings. The standard InChI is InChI=1S/C11H7F3N2O3/c12-11(13,14)8-3-1-2-4-9(8)19-7-5-15-16(6-7)10(17)18/h1-6H,(H,17,18). The van der Waals surface area contributed by atoms with E-state index in [4.69, 9.17) is 9.84 Å². The minimum atomic E-state index is -4.56. The van der Waals surface area contributed by atoms with Gasteiger partial charge in [0.1, 0.15) is 5.75 Å². The number of hydrogen-bond donors (Lipinski definition) is 1. The molecular formula is C11H7F3N2O3. The van der Waals surface area contributed by atoms with E-state index in [2.05, 4.69) is 5.10 Å². The highest BCUT2D eigenvalue weighted by Gasteiger charge is 2.34. The van der Waals surface area contributed by atoms with Gasteiger partial charge in [-0.1, -0.05) is 12.1 Å². The predicted molar refractivity (Wildman–Crippen MR) is 57.2 cm³/mol. The Morgan fingerprint density at radius 1 is 1.32 bits per heavy atom. The summed E-state index contributed by atoms with van der Waals surface area (Å²) in [6.45, 7) is 0. The van der Waals surface area contributed by atoms with E-state index in [1.54, 1.807) is 0 Å². The van der Waals surface area contributed by atoms with E-state index in [0.717, 1.165) is 24.5 Å². The number of benzene rings is 1. The number of aromatic nitrogens is 2. The molecule has 0 aliphatic carbocycles. The molecule has 1 N–H and O–H groups in total. The smallest absolute Gasteiger partial charge is 0.432 e. The van der Waals surface area contributed by atoms with Crippen LogP contribution < -0.4 is 4.74 Å². The number of para-hydroxylation sites is 1. The van der Waals surface area contributed by atoms with Gasteiger partial charge in [0.2, 0.25) is 0 Å². The molecule has 0 aliphatic heterocycles. The van der Waals surface area contributed by atoms with Crippen LogP contribution >= 0.6 is 0 Å². The van der Waals surface area contributed by atoms with E-state index < -0.39 is 23.6 Å². The van der Waals surface area contributed by atoms with Gasteiger partial charge >= 0.3 is 12.3 Å². The molecule has 1 aromatic carbocycles. The molecule has 8 heteroatoms. The van der Waals surface area contributed by atoms with Crippen LogP contribution in [-0.4, -0.2) is 21.0 Å². The van der Waals surface area contributed by atoms with Gasteiger partial charge in [0.05, 0.1) is 18.0 Å². The van der Waals surface area contributed by atoms with E-state index in [9.17, 15) is 18.0 Å². The van der Waals surface area contributed by atoms with Crippen LogP contribution in [0, 0.1) is 0 Å². The van der Waals surface area contributed by atoms with Gasteiger partial charge in [0.25, 0.3) is 0 Å². The Labute approximate surface area is 104 Å². The minimum absolute atomic E-state index is 0.0981. The molecule has 0 radical (unpaired) electrons. The fourth-order valence-electron chi connectivity index (χ4n) is 1.38. The Morgan fingerprint density at radius 2 is 2.00 bits per heavy atom. The molecule has 0 saturated carbocycles. The summed E-state index contributed by atoms with van der Waals surface area (Å²) in [6.07, 6.45) is -3.94. The summed E-state index contributed by atoms with van der Waals surface area (Å²) in [4.78, 5) is 10.6. The molecular weight excluding hydrogens is 265 g/mol. The SMILES string of the molecule is O=C(O)n1cc(Oc2ccccc2C(F)(F)F)cn1. The Kier molecular flexibility index (Phi) is 3.16. The van der Waals surface area contributed by atoms with Gasteiger partial charge in [-0.25, -0.2) is 4.79 Å². The first-order chi connectivity index (χ1) is 8.88. The van der Waals surface area contributed by atoms with Gasteiger partial charge in [-0.2, -0.15) is 23.0 Å². The van der Waals surface area contributed by atoms with Gasteiger partial charge in [-0.3, -0.25) is 0 Å². The second-order valence-electron chi connectivity index (χ2n) is 3.50. The van der Waals surface area contributed by atoms with Gasteiger partial charge < -0.3 is 9.84 Å². The Hall–Kier alpha value is -2.51. The van der Waals surface area contributed by atoms with Crippen molar-refractivity contribution in [3.8, 4) is 11.5 Å². The molecule has 19 heavy (non-hydrogen) atoms. The molecule has 0 amide bonds. The van der Waals surface area contributed by atoms with Crippen molar-refractivity contribution in [2.24, 2.45) is 0 Å². The lowest BCUT2D eigenvalue weighted by Crippen LogP contribution is -2.07. The van der Waals surface area contributed by atoms with Crippen molar-refractivity contribution >= 4 is 6.09 Å². The van der Waals surface area contributed by atoms with Crippen LogP contribution in [0.2, 0.25) is 0 Å². The summed E-state index contributed by atoms with van der Waals surface area (Å²) < 4.78 is 43.6. The monoisotopic (exact) mass is 272 g/mol. The molecule has 100 valence electrons. The zero-order chi connectivity index (χ0) is 14.0. The van der Waals surface area contributed by atoms with Crippen molar-refractivity contribution in [1.82, 2.24) is 9.78 Å². The molecule has 2 aromatic rings. The second-order valence-corrected chi connectivity index (χ2v) is 3.50. The summed E-state index contributed by atoms with van der Waals surface area (Å²) >= 11 is 0. The molecule has 0 spiro atoms. The third kappa shape index (κ3) is 2.84. The maximum absolute atomic E-state index is 12.7. The number of nitrogens with zero attached hydrogens (tertiary/aromatic N) is 2. The molecule has 1 aromatic heterocycles. The summed E-state index contributed by atoms with van der Waals surface area (Å²) in [7, 11) is 0. The lowest BCUT2D eigenvalue weighted by molar-refractivity contribution is -0.138. The van der Waals surface area contributed by atoms with Crippen LogP contribution in [0.1, 0.15) is 5.56 Å². The lowest BCUT2D eigenvalue weighted by Gasteiger charge is -2.11. The first-order valence-electron chi connectivity index (χ1n) is 5.00. The maximum Gasteiger partial charge on any atom is 0.432 e. The van der Waals surface area contributed by atoms with Crippen molar-refractivity contribution in [2.75, 3.05) is 0 Å². The fourth-order valence-corrected chi connectivity index (χ4v) is 1.38. The largest absolute Gasteiger partial charge is 0.463 e. The van der Waals surface area contributed by atoms with E-state index in [1.807, 2.05) is 0 Å². The highest BCUT2D eigenvalue weighted by Crippen LogP contribution is 2.37. The number of hydrogen-bond acceptors (Lipinski definition) is 3. The second kappa shape index (κ2) is 4.63. The molecule has 0 unspecified atom stereocenters. The third-order valence-electron chi connectivity index (χ3n) is 2.18. The van der Waals surface area contributed by atoms with Gasteiger partial charge in [-0.15, -0.1) is 0 Å². The van der Waals surface area contributed by atoms with Crippen LogP contribution in [0.25, 0.3) is 0 Å². The van der Waals surface area contributed by atoms with E-state index in [-0.39, 0.29) is 5.75 Å². The maximum atomic E-state index is 12.7. The van der Waals surface area contributed by atoms with Gasteiger partial charge in [0, 0.05) is 0 Å². The summed E-state index contributed by atoms with van der Waals surface area (Å²) in [5.41, 5.74) is -0.946. The number of carboxylic acid groups (broad SMARTS) is 1. The zero-order valence-electron chi connectivity index (χ0n) is 9.26. The molecule has 0 aliphatic rings. The number of rotatable bonds is 2. The topological polar surface area (TPSA) is 64.3 Å². The Morgan fingerprint density at radius 3 is 2.58 bits per heavy atom.